The number of nitrogens with zero attached hydrogens (tertiary/aromatic N) is 6. The van der Waals surface area contributed by atoms with Gasteiger partial charge in [-0.25, -0.2) is 14.4 Å². The van der Waals surface area contributed by atoms with Gasteiger partial charge in [0.05, 0.1) is 35.2 Å². The number of halogens is 1. The van der Waals surface area contributed by atoms with Gasteiger partial charge in [-0.3, -0.25) is 8.80 Å². The van der Waals surface area contributed by atoms with E-state index in [9.17, 15) is 4.39 Å². The number of aryl methyl sites for hydroxylation is 2. The van der Waals surface area contributed by atoms with Crippen molar-refractivity contribution in [2.75, 3.05) is 36.0 Å². The number of anilines is 2. The van der Waals surface area contributed by atoms with E-state index in [1.165, 1.54) is 22.3 Å². The predicted molar refractivity (Wildman–Crippen MR) is 160 cm³/mol. The highest BCUT2D eigenvalue weighted by molar-refractivity contribution is 5.83. The number of pyridine rings is 2. The molecule has 2 saturated heterocycles. The number of imidazole rings is 2. The largest absolute Gasteiger partial charge is 0.371 e. The van der Waals surface area contributed by atoms with Gasteiger partial charge in [0, 0.05) is 49.0 Å². The molecule has 6 heterocycles. The molecule has 0 radical (unpaired) electrons. The van der Waals surface area contributed by atoms with Crippen LogP contribution < -0.4 is 9.80 Å². The Labute approximate surface area is 228 Å². The summed E-state index contributed by atoms with van der Waals surface area (Å²) in [5.41, 5.74) is 11.2. The van der Waals surface area contributed by atoms with Crippen molar-refractivity contribution in [3.63, 3.8) is 0 Å². The molecule has 2 aliphatic heterocycles. The molecule has 0 saturated carbocycles. The highest BCUT2D eigenvalue weighted by Gasteiger charge is 2.26. The summed E-state index contributed by atoms with van der Waals surface area (Å²) in [7, 11) is 0. The summed E-state index contributed by atoms with van der Waals surface area (Å²) in [4.78, 5) is 13.8. The topological polar surface area (TPSA) is 41.1 Å². The molecular weight excluding hydrogens is 487 g/mol. The Balaban J connectivity index is 0.000000138. The minimum absolute atomic E-state index is 0. The molecule has 2 aliphatic rings. The van der Waals surface area contributed by atoms with Gasteiger partial charge < -0.3 is 9.80 Å². The molecule has 0 spiro atoms. The Kier molecular flexibility index (Phi) is 6.17. The summed E-state index contributed by atoms with van der Waals surface area (Å²) in [6, 6.07) is 21.1. The lowest BCUT2D eigenvalue weighted by molar-refractivity contribution is 0.275. The van der Waals surface area contributed by atoms with Crippen molar-refractivity contribution >= 4 is 44.7 Å². The average molecular weight is 523 g/mol. The van der Waals surface area contributed by atoms with Gasteiger partial charge in [-0.1, -0.05) is 26.5 Å². The van der Waals surface area contributed by atoms with E-state index in [0.717, 1.165) is 52.5 Å². The number of rotatable bonds is 2. The van der Waals surface area contributed by atoms with Gasteiger partial charge in [0.15, 0.2) is 0 Å². The normalized spacial score (nSPS) is 15.8. The van der Waals surface area contributed by atoms with Crippen LogP contribution in [0.1, 0.15) is 25.5 Å². The van der Waals surface area contributed by atoms with E-state index in [1.807, 2.05) is 29.3 Å². The summed E-state index contributed by atoms with van der Waals surface area (Å²) in [6.45, 7) is 9.81. The summed E-state index contributed by atoms with van der Waals surface area (Å²) in [5.74, 6) is 0.817. The first-order valence-corrected chi connectivity index (χ1v) is 13.3. The lowest BCUT2D eigenvalue weighted by atomic mass is 10.0. The molecule has 200 valence electrons. The zero-order valence-corrected chi connectivity index (χ0v) is 22.0. The molecule has 6 nitrogen and oxygen atoms in total. The molecule has 7 heteroatoms. The van der Waals surface area contributed by atoms with Crippen LogP contribution in [0, 0.1) is 19.8 Å². The number of benzene rings is 2. The van der Waals surface area contributed by atoms with E-state index in [1.54, 1.807) is 0 Å². The number of hydrogen-bond acceptors (Lipinski definition) is 4. The van der Waals surface area contributed by atoms with Crippen molar-refractivity contribution in [3.05, 3.63) is 84.2 Å². The van der Waals surface area contributed by atoms with E-state index in [4.69, 9.17) is 4.98 Å². The van der Waals surface area contributed by atoms with Crippen LogP contribution in [-0.4, -0.2) is 51.1 Å². The van der Waals surface area contributed by atoms with E-state index in [-0.39, 0.29) is 7.43 Å². The summed E-state index contributed by atoms with van der Waals surface area (Å²) in [5, 5.41) is 0. The monoisotopic (exact) mass is 522 g/mol. The Hall–Kier alpha value is -4.13. The van der Waals surface area contributed by atoms with E-state index in [2.05, 4.69) is 88.1 Å². The van der Waals surface area contributed by atoms with Crippen molar-refractivity contribution in [3.8, 4) is 0 Å². The van der Waals surface area contributed by atoms with Crippen LogP contribution >= 0.6 is 0 Å². The molecule has 2 aromatic carbocycles. The van der Waals surface area contributed by atoms with Gasteiger partial charge in [0.1, 0.15) is 17.5 Å². The van der Waals surface area contributed by atoms with Crippen LogP contribution in [-0.2, 0) is 0 Å². The Morgan fingerprint density at radius 3 is 1.56 bits per heavy atom. The molecule has 0 bridgehead atoms. The molecule has 0 aliphatic carbocycles. The maximum absolute atomic E-state index is 12.9. The average Bonchev–Trinajstić information content (AvgIpc) is 3.41. The van der Waals surface area contributed by atoms with Crippen LogP contribution in [0.2, 0.25) is 0 Å². The Morgan fingerprint density at radius 1 is 0.667 bits per heavy atom. The first-order valence-electron chi connectivity index (χ1n) is 13.3. The molecule has 0 amide bonds. The molecule has 0 N–H and O–H groups in total. The number of aromatic nitrogens is 4. The number of hydrogen-bond donors (Lipinski definition) is 0. The third kappa shape index (κ3) is 4.46. The van der Waals surface area contributed by atoms with Crippen molar-refractivity contribution in [1.29, 1.82) is 0 Å². The van der Waals surface area contributed by atoms with E-state index >= 15 is 0 Å². The smallest absolute Gasteiger partial charge is 0.139 e. The Morgan fingerprint density at radius 2 is 1.13 bits per heavy atom. The quantitative estimate of drug-likeness (QED) is 0.250. The lowest BCUT2D eigenvalue weighted by Crippen LogP contribution is -2.48. The molecule has 4 aromatic heterocycles. The number of alkyl halides is 1. The maximum Gasteiger partial charge on any atom is 0.139 e. The van der Waals surface area contributed by atoms with Gasteiger partial charge >= 0.3 is 0 Å². The van der Waals surface area contributed by atoms with Gasteiger partial charge in [0.2, 0.25) is 0 Å². The summed E-state index contributed by atoms with van der Waals surface area (Å²) in [6.07, 6.45) is 3.48. The predicted octanol–water partition coefficient (Wildman–Crippen LogP) is 6.84. The van der Waals surface area contributed by atoms with Crippen molar-refractivity contribution in [2.24, 2.45) is 5.92 Å². The highest BCUT2D eigenvalue weighted by Crippen LogP contribution is 2.28. The minimum atomic E-state index is -0.683. The molecule has 0 unspecified atom stereocenters. The standard InChI is InChI=1S/C16H17N3.C15H14FN3.CH4/c1-11-3-4-14-15(7-11)19-6-5-13(8-16(19)17-14)18-9-12(2)10-18;1-10-2-3-13-14(6-10)19-5-4-12(7-15(19)17-13)18-8-11(16)9-18;/h3-8,12H,9-10H2,1-2H3;2-7,11H,8-9H2,1H3;1H4. The second-order valence-corrected chi connectivity index (χ2v) is 10.9. The van der Waals surface area contributed by atoms with Gasteiger partial charge in [0.25, 0.3) is 0 Å². The zero-order valence-electron chi connectivity index (χ0n) is 22.0. The zero-order chi connectivity index (χ0) is 26.0. The van der Waals surface area contributed by atoms with Crippen LogP contribution in [0.15, 0.2) is 73.1 Å². The van der Waals surface area contributed by atoms with Crippen molar-refractivity contribution < 1.29 is 4.39 Å². The molecule has 6 aromatic rings. The fraction of sp³-hybridized carbons (Fsp3) is 0.312. The van der Waals surface area contributed by atoms with E-state index in [0.29, 0.717) is 13.1 Å². The van der Waals surface area contributed by atoms with Crippen LogP contribution in [0.25, 0.3) is 33.4 Å². The first kappa shape index (κ1) is 25.2. The van der Waals surface area contributed by atoms with Gasteiger partial charge in [-0.2, -0.15) is 0 Å². The van der Waals surface area contributed by atoms with Crippen LogP contribution in [0.4, 0.5) is 15.8 Å². The summed E-state index contributed by atoms with van der Waals surface area (Å²) < 4.78 is 17.2. The molecule has 8 rings (SSSR count). The second kappa shape index (κ2) is 9.56. The second-order valence-electron chi connectivity index (χ2n) is 10.9. The first-order chi connectivity index (χ1) is 18.4. The van der Waals surface area contributed by atoms with Crippen molar-refractivity contribution in [2.45, 2.75) is 34.4 Å². The highest BCUT2D eigenvalue weighted by atomic mass is 19.1. The van der Waals surface area contributed by atoms with Crippen LogP contribution in [0.3, 0.4) is 0 Å². The third-order valence-electron chi connectivity index (χ3n) is 7.72. The Bertz CT molecular complexity index is 1670. The SMILES string of the molecule is C.Cc1ccc2nc3cc(N4CC(C)C4)ccn3c2c1.Cc1ccc2nc3cc(N4CC(F)C4)ccn3c2c1. The minimum Gasteiger partial charge on any atom is -0.371 e. The summed E-state index contributed by atoms with van der Waals surface area (Å²) >= 11 is 0. The molecule has 0 atom stereocenters. The fourth-order valence-corrected chi connectivity index (χ4v) is 5.56. The molecular formula is C32H35FN6. The van der Waals surface area contributed by atoms with Crippen LogP contribution in [0.5, 0.6) is 0 Å². The van der Waals surface area contributed by atoms with Gasteiger partial charge in [-0.05, 0) is 67.3 Å². The third-order valence-corrected chi connectivity index (χ3v) is 7.72. The lowest BCUT2D eigenvalue weighted by Gasteiger charge is -2.39. The van der Waals surface area contributed by atoms with Gasteiger partial charge in [-0.15, -0.1) is 0 Å². The number of fused-ring (bicyclic) bond motifs is 6. The van der Waals surface area contributed by atoms with E-state index < -0.39 is 6.17 Å². The molecule has 2 fully saturated rings. The van der Waals surface area contributed by atoms with Crippen molar-refractivity contribution in [1.82, 2.24) is 18.8 Å². The molecule has 39 heavy (non-hydrogen) atoms. The fourth-order valence-electron chi connectivity index (χ4n) is 5.56. The maximum atomic E-state index is 12.9.